The monoisotopic (exact) mass is 427 g/mol. The molecule has 2 heterocycles. The zero-order valence-electron chi connectivity index (χ0n) is 15.5. The molecular weight excluding hydrogens is 410 g/mol. The van der Waals surface area contributed by atoms with Gasteiger partial charge in [-0.05, 0) is 42.8 Å². The molecule has 0 radical (unpaired) electrons. The number of hydrogen-bond acceptors (Lipinski definition) is 7. The van der Waals surface area contributed by atoms with E-state index in [1.54, 1.807) is 19.1 Å². The van der Waals surface area contributed by atoms with E-state index < -0.39 is 4.92 Å². The Morgan fingerprint density at radius 1 is 1.31 bits per heavy atom. The second-order valence-corrected chi connectivity index (χ2v) is 8.73. The van der Waals surface area contributed by atoms with Gasteiger partial charge in [0, 0.05) is 34.4 Å². The van der Waals surface area contributed by atoms with Crippen molar-refractivity contribution in [3.63, 3.8) is 0 Å². The number of thiazole rings is 1. The first-order valence-electron chi connectivity index (χ1n) is 8.93. The van der Waals surface area contributed by atoms with Crippen molar-refractivity contribution in [2.45, 2.75) is 23.5 Å². The van der Waals surface area contributed by atoms with Crippen LogP contribution >= 0.6 is 23.1 Å². The Labute approximate surface area is 175 Å². The fourth-order valence-electron chi connectivity index (χ4n) is 2.92. The van der Waals surface area contributed by atoms with Gasteiger partial charge in [0.25, 0.3) is 5.69 Å². The van der Waals surface area contributed by atoms with Gasteiger partial charge in [0.1, 0.15) is 5.75 Å². The van der Waals surface area contributed by atoms with Crippen molar-refractivity contribution in [3.05, 3.63) is 63.5 Å². The van der Waals surface area contributed by atoms with Crippen molar-refractivity contribution in [1.29, 1.82) is 0 Å². The second kappa shape index (κ2) is 8.22. The number of amides is 1. The SMILES string of the molecule is CC(Sc1ccc([N+](=O)[O-])cc1)C(=O)Nc1nc(-c2ccc3c(c2)CCO3)cs1. The molecule has 7 nitrogen and oxygen atoms in total. The van der Waals surface area contributed by atoms with Gasteiger partial charge in [0.15, 0.2) is 5.13 Å². The summed E-state index contributed by atoms with van der Waals surface area (Å²) in [5, 5.41) is 15.7. The molecule has 9 heteroatoms. The van der Waals surface area contributed by atoms with Gasteiger partial charge in [0.05, 0.1) is 22.5 Å². The molecule has 1 unspecified atom stereocenters. The summed E-state index contributed by atoms with van der Waals surface area (Å²) in [7, 11) is 0. The molecule has 0 bridgehead atoms. The van der Waals surface area contributed by atoms with Gasteiger partial charge in [-0.25, -0.2) is 4.98 Å². The number of carbonyl (C=O) groups excluding carboxylic acids is 1. The lowest BCUT2D eigenvalue weighted by Gasteiger charge is -2.10. The van der Waals surface area contributed by atoms with E-state index in [9.17, 15) is 14.9 Å². The first kappa shape index (κ1) is 19.4. The van der Waals surface area contributed by atoms with Crippen LogP contribution in [-0.2, 0) is 11.2 Å². The maximum Gasteiger partial charge on any atom is 0.269 e. The maximum absolute atomic E-state index is 12.5. The van der Waals surface area contributed by atoms with E-state index in [1.165, 1.54) is 40.8 Å². The molecular formula is C20H17N3O4S2. The quantitative estimate of drug-likeness (QED) is 0.346. The number of benzene rings is 2. The van der Waals surface area contributed by atoms with Crippen LogP contribution in [0.4, 0.5) is 10.8 Å². The molecule has 4 rings (SSSR count). The summed E-state index contributed by atoms with van der Waals surface area (Å²) < 4.78 is 5.53. The lowest BCUT2D eigenvalue weighted by atomic mass is 10.1. The number of aromatic nitrogens is 1. The molecule has 0 saturated heterocycles. The summed E-state index contributed by atoms with van der Waals surface area (Å²) >= 11 is 2.71. The van der Waals surface area contributed by atoms with E-state index in [1.807, 2.05) is 17.5 Å². The number of carbonyl (C=O) groups is 1. The zero-order valence-corrected chi connectivity index (χ0v) is 17.1. The third-order valence-corrected chi connectivity index (χ3v) is 6.32. The van der Waals surface area contributed by atoms with Crippen molar-refractivity contribution < 1.29 is 14.5 Å². The largest absolute Gasteiger partial charge is 0.493 e. The Bertz CT molecular complexity index is 1070. The molecule has 29 heavy (non-hydrogen) atoms. The van der Waals surface area contributed by atoms with Gasteiger partial charge >= 0.3 is 0 Å². The summed E-state index contributed by atoms with van der Waals surface area (Å²) in [6.45, 7) is 2.50. The Morgan fingerprint density at radius 3 is 2.86 bits per heavy atom. The van der Waals surface area contributed by atoms with E-state index in [0.717, 1.165) is 28.3 Å². The normalized spacial score (nSPS) is 13.4. The van der Waals surface area contributed by atoms with Crippen molar-refractivity contribution in [1.82, 2.24) is 4.98 Å². The van der Waals surface area contributed by atoms with Gasteiger partial charge in [-0.15, -0.1) is 23.1 Å². The first-order valence-corrected chi connectivity index (χ1v) is 10.7. The van der Waals surface area contributed by atoms with Gasteiger partial charge in [-0.3, -0.25) is 14.9 Å². The third kappa shape index (κ3) is 4.41. The lowest BCUT2D eigenvalue weighted by Crippen LogP contribution is -2.22. The van der Waals surface area contributed by atoms with Crippen LogP contribution in [0.15, 0.2) is 52.7 Å². The first-order chi connectivity index (χ1) is 14.0. The Balaban J connectivity index is 1.39. The zero-order chi connectivity index (χ0) is 20.4. The number of nitrogens with one attached hydrogen (secondary N) is 1. The predicted molar refractivity (Wildman–Crippen MR) is 114 cm³/mol. The van der Waals surface area contributed by atoms with E-state index in [0.29, 0.717) is 11.7 Å². The Morgan fingerprint density at radius 2 is 2.10 bits per heavy atom. The van der Waals surface area contributed by atoms with Crippen LogP contribution in [0.1, 0.15) is 12.5 Å². The number of thioether (sulfide) groups is 1. The summed E-state index contributed by atoms with van der Waals surface area (Å²) in [5.41, 5.74) is 3.02. The molecule has 0 aliphatic carbocycles. The van der Waals surface area contributed by atoms with Crippen LogP contribution in [-0.4, -0.2) is 27.7 Å². The summed E-state index contributed by atoms with van der Waals surface area (Å²) in [4.78, 5) is 28.1. The average molecular weight is 428 g/mol. The smallest absolute Gasteiger partial charge is 0.269 e. The number of nitro benzene ring substituents is 1. The standard InChI is InChI=1S/C20H17N3O4S2/c1-12(29-16-5-3-15(4-6-16)23(25)26)19(24)22-20-21-17(11-28-20)13-2-7-18-14(10-13)8-9-27-18/h2-7,10-12H,8-9H2,1H3,(H,21,22,24). The molecule has 1 aliphatic rings. The van der Waals surface area contributed by atoms with E-state index in [4.69, 9.17) is 4.74 Å². The number of fused-ring (bicyclic) bond motifs is 1. The fourth-order valence-corrected chi connectivity index (χ4v) is 4.51. The Kier molecular flexibility index (Phi) is 5.50. The number of nitrogens with zero attached hydrogens (tertiary/aromatic N) is 2. The van der Waals surface area contributed by atoms with E-state index in [2.05, 4.69) is 16.4 Å². The van der Waals surface area contributed by atoms with Crippen molar-refractivity contribution in [3.8, 4) is 17.0 Å². The highest BCUT2D eigenvalue weighted by Gasteiger charge is 2.18. The summed E-state index contributed by atoms with van der Waals surface area (Å²) in [6.07, 6.45) is 0.897. The minimum Gasteiger partial charge on any atom is -0.493 e. The number of ether oxygens (including phenoxy) is 1. The van der Waals surface area contributed by atoms with Crippen LogP contribution in [0, 0.1) is 10.1 Å². The number of hydrogen-bond donors (Lipinski definition) is 1. The topological polar surface area (TPSA) is 94.4 Å². The summed E-state index contributed by atoms with van der Waals surface area (Å²) in [5.74, 6) is 0.756. The van der Waals surface area contributed by atoms with Crippen LogP contribution < -0.4 is 10.1 Å². The van der Waals surface area contributed by atoms with Gasteiger partial charge in [0.2, 0.25) is 5.91 Å². The molecule has 2 aromatic carbocycles. The highest BCUT2D eigenvalue weighted by Crippen LogP contribution is 2.32. The predicted octanol–water partition coefficient (Wildman–Crippen LogP) is 4.77. The number of non-ortho nitro benzene ring substituents is 1. The fraction of sp³-hybridized carbons (Fsp3) is 0.200. The molecule has 1 amide bonds. The number of rotatable bonds is 6. The molecule has 3 aromatic rings. The maximum atomic E-state index is 12.5. The molecule has 1 aromatic heterocycles. The second-order valence-electron chi connectivity index (χ2n) is 6.46. The van der Waals surface area contributed by atoms with Crippen LogP contribution in [0.5, 0.6) is 5.75 Å². The van der Waals surface area contributed by atoms with Crippen LogP contribution in [0.2, 0.25) is 0 Å². The van der Waals surface area contributed by atoms with Crippen LogP contribution in [0.25, 0.3) is 11.3 Å². The molecule has 1 N–H and O–H groups in total. The summed E-state index contributed by atoms with van der Waals surface area (Å²) in [6, 6.07) is 12.2. The molecule has 0 spiro atoms. The van der Waals surface area contributed by atoms with Crippen LogP contribution in [0.3, 0.4) is 0 Å². The van der Waals surface area contributed by atoms with Crippen molar-refractivity contribution in [2.75, 3.05) is 11.9 Å². The molecule has 148 valence electrons. The highest BCUT2D eigenvalue weighted by molar-refractivity contribution is 8.00. The molecule has 1 aliphatic heterocycles. The molecule has 0 saturated carbocycles. The third-order valence-electron chi connectivity index (χ3n) is 4.45. The van der Waals surface area contributed by atoms with E-state index in [-0.39, 0.29) is 16.8 Å². The van der Waals surface area contributed by atoms with Gasteiger partial charge < -0.3 is 10.1 Å². The average Bonchev–Trinajstić information content (AvgIpc) is 3.37. The van der Waals surface area contributed by atoms with Crippen molar-refractivity contribution in [2.24, 2.45) is 0 Å². The minimum absolute atomic E-state index is 0.0277. The highest BCUT2D eigenvalue weighted by atomic mass is 32.2. The van der Waals surface area contributed by atoms with Gasteiger partial charge in [-0.2, -0.15) is 0 Å². The van der Waals surface area contributed by atoms with Gasteiger partial charge in [-0.1, -0.05) is 0 Å². The lowest BCUT2D eigenvalue weighted by molar-refractivity contribution is -0.384. The van der Waals surface area contributed by atoms with Crippen molar-refractivity contribution >= 4 is 39.8 Å². The molecule has 0 fully saturated rings. The number of anilines is 1. The minimum atomic E-state index is -0.446. The molecule has 1 atom stereocenters. The van der Waals surface area contributed by atoms with E-state index >= 15 is 0 Å². The Hall–Kier alpha value is -2.91. The number of nitro groups is 1.